The van der Waals surface area contributed by atoms with Gasteiger partial charge < -0.3 is 9.84 Å². The number of ether oxygens (including phenoxy) is 1. The maximum Gasteiger partial charge on any atom is 0.265 e. The molecule has 0 aliphatic carbocycles. The summed E-state index contributed by atoms with van der Waals surface area (Å²) in [4.78, 5) is 11.2. The first-order valence-electron chi connectivity index (χ1n) is 5.27. The number of rotatable bonds is 3. The Balaban J connectivity index is 2.10. The summed E-state index contributed by atoms with van der Waals surface area (Å²) in [5.41, 5.74) is 2.50. The Morgan fingerprint density at radius 3 is 2.00 bits per heavy atom. The number of hydrazine groups is 1. The number of nitrogens with one attached hydrogen (secondary N) is 1. The molecular formula is C13H12N2O3. The van der Waals surface area contributed by atoms with Crippen LogP contribution in [-0.4, -0.2) is 11.0 Å². The van der Waals surface area contributed by atoms with Crippen molar-refractivity contribution in [1.29, 1.82) is 0 Å². The van der Waals surface area contributed by atoms with Crippen molar-refractivity contribution in [2.24, 2.45) is 5.84 Å². The average Bonchev–Trinajstić information content (AvgIpc) is 2.41. The monoisotopic (exact) mass is 244 g/mol. The number of nitrogen functional groups attached to an aromatic ring is 1. The number of benzene rings is 2. The summed E-state index contributed by atoms with van der Waals surface area (Å²) in [6.45, 7) is 0. The molecule has 0 radical (unpaired) electrons. The molecule has 18 heavy (non-hydrogen) atoms. The first-order valence-corrected chi connectivity index (χ1v) is 5.27. The van der Waals surface area contributed by atoms with Crippen LogP contribution in [0.2, 0.25) is 0 Å². The second-order valence-electron chi connectivity index (χ2n) is 3.59. The molecule has 0 saturated carbocycles. The molecule has 0 unspecified atom stereocenters. The Bertz CT molecular complexity index is 535. The molecule has 92 valence electrons. The predicted molar refractivity (Wildman–Crippen MR) is 66.3 cm³/mol. The highest BCUT2D eigenvalue weighted by Gasteiger charge is 2.03. The van der Waals surface area contributed by atoms with Gasteiger partial charge in [0.15, 0.2) is 0 Å². The standard InChI is InChI=1S/C13H12N2O3/c14-15-13(17)9-1-5-11(6-2-9)18-12-7-3-10(16)4-8-12/h1-8,16H,14H2,(H,15,17). The van der Waals surface area contributed by atoms with Crippen LogP contribution in [0.15, 0.2) is 48.5 Å². The van der Waals surface area contributed by atoms with E-state index in [4.69, 9.17) is 15.7 Å². The first kappa shape index (κ1) is 11.9. The number of carbonyl (C=O) groups is 1. The highest BCUT2D eigenvalue weighted by atomic mass is 16.5. The lowest BCUT2D eigenvalue weighted by atomic mass is 10.2. The van der Waals surface area contributed by atoms with Gasteiger partial charge in [-0.15, -0.1) is 0 Å². The molecular weight excluding hydrogens is 232 g/mol. The molecule has 5 nitrogen and oxygen atoms in total. The molecule has 0 heterocycles. The summed E-state index contributed by atoms with van der Waals surface area (Å²) in [5.74, 6) is 6.04. The lowest BCUT2D eigenvalue weighted by molar-refractivity contribution is 0.0953. The van der Waals surface area contributed by atoms with Gasteiger partial charge in [0.1, 0.15) is 17.2 Å². The van der Waals surface area contributed by atoms with Crippen molar-refractivity contribution in [2.75, 3.05) is 0 Å². The fourth-order valence-corrected chi connectivity index (χ4v) is 1.41. The van der Waals surface area contributed by atoms with Gasteiger partial charge in [-0.3, -0.25) is 10.2 Å². The number of hydrogen-bond acceptors (Lipinski definition) is 4. The number of nitrogens with two attached hydrogens (primary N) is 1. The summed E-state index contributed by atoms with van der Waals surface area (Å²) >= 11 is 0. The van der Waals surface area contributed by atoms with Crippen LogP contribution < -0.4 is 16.0 Å². The molecule has 0 aliphatic heterocycles. The lowest BCUT2D eigenvalue weighted by Crippen LogP contribution is -2.29. The largest absolute Gasteiger partial charge is 0.508 e. The van der Waals surface area contributed by atoms with Crippen molar-refractivity contribution >= 4 is 5.91 Å². The zero-order valence-corrected chi connectivity index (χ0v) is 9.46. The molecule has 2 rings (SSSR count). The number of phenols is 1. The van der Waals surface area contributed by atoms with E-state index in [1.807, 2.05) is 5.43 Å². The predicted octanol–water partition coefficient (Wildman–Crippen LogP) is 1.79. The van der Waals surface area contributed by atoms with E-state index in [1.165, 1.54) is 12.1 Å². The van der Waals surface area contributed by atoms with Gasteiger partial charge in [0.25, 0.3) is 5.91 Å². The van der Waals surface area contributed by atoms with Crippen molar-refractivity contribution in [1.82, 2.24) is 5.43 Å². The third-order valence-corrected chi connectivity index (χ3v) is 2.32. The minimum atomic E-state index is -0.355. The van der Waals surface area contributed by atoms with Crippen LogP contribution in [0.4, 0.5) is 0 Å². The van der Waals surface area contributed by atoms with Crippen LogP contribution >= 0.6 is 0 Å². The quantitative estimate of drug-likeness (QED) is 0.436. The second-order valence-corrected chi connectivity index (χ2v) is 3.59. The van der Waals surface area contributed by atoms with E-state index >= 15 is 0 Å². The van der Waals surface area contributed by atoms with Gasteiger partial charge >= 0.3 is 0 Å². The SMILES string of the molecule is NNC(=O)c1ccc(Oc2ccc(O)cc2)cc1. The highest BCUT2D eigenvalue weighted by molar-refractivity contribution is 5.93. The van der Waals surface area contributed by atoms with E-state index in [0.29, 0.717) is 17.1 Å². The normalized spacial score (nSPS) is 9.83. The molecule has 0 bridgehead atoms. The van der Waals surface area contributed by atoms with Crippen LogP contribution in [0.1, 0.15) is 10.4 Å². The fourth-order valence-electron chi connectivity index (χ4n) is 1.41. The number of phenolic OH excluding ortho intramolecular Hbond substituents is 1. The fraction of sp³-hybridized carbons (Fsp3) is 0. The van der Waals surface area contributed by atoms with E-state index in [1.54, 1.807) is 36.4 Å². The van der Waals surface area contributed by atoms with E-state index in [9.17, 15) is 4.79 Å². The van der Waals surface area contributed by atoms with E-state index in [-0.39, 0.29) is 11.7 Å². The number of hydrogen-bond donors (Lipinski definition) is 3. The summed E-state index contributed by atoms with van der Waals surface area (Å²) in [6.07, 6.45) is 0. The summed E-state index contributed by atoms with van der Waals surface area (Å²) in [5, 5.41) is 9.14. The Kier molecular flexibility index (Phi) is 3.45. The van der Waals surface area contributed by atoms with Crippen LogP contribution in [0.5, 0.6) is 17.2 Å². The highest BCUT2D eigenvalue weighted by Crippen LogP contribution is 2.23. The van der Waals surface area contributed by atoms with Gasteiger partial charge in [-0.05, 0) is 48.5 Å². The molecule has 5 heteroatoms. The van der Waals surface area contributed by atoms with Gasteiger partial charge in [0.2, 0.25) is 0 Å². The maximum absolute atomic E-state index is 11.2. The van der Waals surface area contributed by atoms with Crippen molar-refractivity contribution in [2.45, 2.75) is 0 Å². The minimum absolute atomic E-state index is 0.178. The Morgan fingerprint density at radius 1 is 1.00 bits per heavy atom. The van der Waals surface area contributed by atoms with Crippen LogP contribution in [0.3, 0.4) is 0 Å². The third kappa shape index (κ3) is 2.78. The van der Waals surface area contributed by atoms with Gasteiger partial charge in [0, 0.05) is 5.56 Å². The molecule has 0 saturated heterocycles. The first-order chi connectivity index (χ1) is 8.69. The molecule has 0 spiro atoms. The lowest BCUT2D eigenvalue weighted by Gasteiger charge is -2.06. The van der Waals surface area contributed by atoms with Crippen LogP contribution in [0.25, 0.3) is 0 Å². The number of carbonyl (C=O) groups excluding carboxylic acids is 1. The zero-order valence-electron chi connectivity index (χ0n) is 9.46. The summed E-state index contributed by atoms with van der Waals surface area (Å²) in [6, 6.07) is 12.9. The van der Waals surface area contributed by atoms with E-state index in [0.717, 1.165) is 0 Å². The molecule has 2 aromatic carbocycles. The molecule has 0 fully saturated rings. The van der Waals surface area contributed by atoms with Crippen LogP contribution in [-0.2, 0) is 0 Å². The Morgan fingerprint density at radius 2 is 1.50 bits per heavy atom. The summed E-state index contributed by atoms with van der Waals surface area (Å²) < 4.78 is 5.53. The molecule has 2 aromatic rings. The molecule has 0 aliphatic rings. The third-order valence-electron chi connectivity index (χ3n) is 2.32. The van der Waals surface area contributed by atoms with Gasteiger partial charge in [-0.2, -0.15) is 0 Å². The van der Waals surface area contributed by atoms with Crippen molar-refractivity contribution < 1.29 is 14.6 Å². The molecule has 4 N–H and O–H groups in total. The van der Waals surface area contributed by atoms with Crippen molar-refractivity contribution in [3.63, 3.8) is 0 Å². The Hall–Kier alpha value is -2.53. The average molecular weight is 244 g/mol. The van der Waals surface area contributed by atoms with Crippen molar-refractivity contribution in [3.8, 4) is 17.2 Å². The minimum Gasteiger partial charge on any atom is -0.508 e. The smallest absolute Gasteiger partial charge is 0.265 e. The zero-order chi connectivity index (χ0) is 13.0. The van der Waals surface area contributed by atoms with Gasteiger partial charge in [-0.1, -0.05) is 0 Å². The van der Waals surface area contributed by atoms with Crippen molar-refractivity contribution in [3.05, 3.63) is 54.1 Å². The molecule has 0 atom stereocenters. The second kappa shape index (κ2) is 5.20. The Labute approximate surface area is 104 Å². The van der Waals surface area contributed by atoms with E-state index < -0.39 is 0 Å². The molecule has 1 amide bonds. The topological polar surface area (TPSA) is 84.6 Å². The molecule has 0 aromatic heterocycles. The van der Waals surface area contributed by atoms with Gasteiger partial charge in [-0.25, -0.2) is 5.84 Å². The van der Waals surface area contributed by atoms with Crippen LogP contribution in [0, 0.1) is 0 Å². The number of aromatic hydroxyl groups is 1. The maximum atomic E-state index is 11.2. The van der Waals surface area contributed by atoms with Gasteiger partial charge in [0.05, 0.1) is 0 Å². The summed E-state index contributed by atoms with van der Waals surface area (Å²) in [7, 11) is 0. The number of amides is 1. The van der Waals surface area contributed by atoms with E-state index in [2.05, 4.69) is 0 Å².